The van der Waals surface area contributed by atoms with Gasteiger partial charge in [-0.25, -0.2) is 15.0 Å². The Morgan fingerprint density at radius 3 is 2.61 bits per heavy atom. The Hall–Kier alpha value is -4.87. The van der Waals surface area contributed by atoms with Gasteiger partial charge in [0.05, 0.1) is 27.2 Å². The minimum Gasteiger partial charge on any atom is -0.357 e. The topological polar surface area (TPSA) is 82.3 Å². The first-order valence-corrected chi connectivity index (χ1v) is 15.0. The van der Waals surface area contributed by atoms with Crippen LogP contribution in [-0.2, 0) is 12.7 Å². The number of aromatic amines is 2. The molecule has 216 valence electrons. The third-order valence-corrected chi connectivity index (χ3v) is 8.95. The summed E-state index contributed by atoms with van der Waals surface area (Å²) in [5.74, 6) is 0. The number of H-pyrrole nitrogens is 2. The van der Waals surface area contributed by atoms with Gasteiger partial charge in [0.15, 0.2) is 5.13 Å². The number of para-hydroxylation sites is 2. The van der Waals surface area contributed by atoms with Crippen LogP contribution in [0.3, 0.4) is 0 Å². The highest BCUT2D eigenvalue weighted by molar-refractivity contribution is 7.80. The second-order valence-corrected chi connectivity index (χ2v) is 12.0. The molecule has 0 spiro atoms. The highest BCUT2D eigenvalue weighted by Gasteiger charge is 2.36. The fraction of sp³-hybridized carbons (Fsp3) is 0.0606. The highest BCUT2D eigenvalue weighted by Crippen LogP contribution is 2.44. The number of hydrogen-bond acceptors (Lipinski definition) is 6. The first-order valence-electron chi connectivity index (χ1n) is 13.7. The van der Waals surface area contributed by atoms with Crippen LogP contribution >= 0.6 is 24.0 Å². The van der Waals surface area contributed by atoms with E-state index in [4.69, 9.17) is 0 Å². The number of thiol groups is 1. The number of thiazole rings is 1. The lowest BCUT2D eigenvalue weighted by atomic mass is 10.0. The molecule has 0 fully saturated rings. The van der Waals surface area contributed by atoms with Crippen molar-refractivity contribution in [1.82, 2.24) is 24.9 Å². The van der Waals surface area contributed by atoms with Crippen LogP contribution in [0, 0.1) is 0 Å². The van der Waals surface area contributed by atoms with E-state index in [1.54, 1.807) is 36.7 Å². The maximum atomic E-state index is 14.4. The van der Waals surface area contributed by atoms with Crippen LogP contribution in [0.2, 0.25) is 0 Å². The summed E-state index contributed by atoms with van der Waals surface area (Å²) in [5, 5.41) is 6.83. The van der Waals surface area contributed by atoms with Gasteiger partial charge in [-0.15, -0.1) is 12.6 Å². The minimum absolute atomic E-state index is 0.0596. The molecule has 0 aliphatic rings. The van der Waals surface area contributed by atoms with Crippen LogP contribution < -0.4 is 5.32 Å². The van der Waals surface area contributed by atoms with Crippen LogP contribution in [0.5, 0.6) is 0 Å². The Morgan fingerprint density at radius 1 is 0.886 bits per heavy atom. The molecule has 5 heterocycles. The van der Waals surface area contributed by atoms with Crippen molar-refractivity contribution in [2.45, 2.75) is 17.6 Å². The number of pyridine rings is 2. The largest absolute Gasteiger partial charge is 0.418 e. The van der Waals surface area contributed by atoms with Gasteiger partial charge in [0.2, 0.25) is 0 Å². The number of halogens is 3. The summed E-state index contributed by atoms with van der Waals surface area (Å²) < 4.78 is 43.3. The molecule has 0 saturated carbocycles. The van der Waals surface area contributed by atoms with E-state index in [0.29, 0.717) is 16.0 Å². The third-order valence-electron chi connectivity index (χ3n) is 7.73. The zero-order chi connectivity index (χ0) is 30.0. The number of nitrogens with zero attached hydrogens (tertiary/aromatic N) is 3. The number of rotatable bonds is 5. The van der Waals surface area contributed by atoms with Gasteiger partial charge in [-0.1, -0.05) is 59.9 Å². The van der Waals surface area contributed by atoms with Crippen molar-refractivity contribution in [3.05, 3.63) is 103 Å². The monoisotopic (exact) mass is 622 g/mol. The number of hydrogen-bond donors (Lipinski definition) is 4. The van der Waals surface area contributed by atoms with Gasteiger partial charge in [-0.2, -0.15) is 13.2 Å². The zero-order valence-corrected chi connectivity index (χ0v) is 24.4. The summed E-state index contributed by atoms with van der Waals surface area (Å²) >= 11 is 5.86. The first kappa shape index (κ1) is 26.7. The zero-order valence-electron chi connectivity index (χ0n) is 22.7. The number of nitrogens with one attached hydrogen (secondary N) is 3. The molecule has 11 heteroatoms. The third kappa shape index (κ3) is 4.47. The molecule has 5 aromatic heterocycles. The Morgan fingerprint density at radius 2 is 1.73 bits per heavy atom. The molecule has 0 bridgehead atoms. The van der Waals surface area contributed by atoms with Crippen molar-refractivity contribution < 1.29 is 13.2 Å². The molecule has 3 aromatic carbocycles. The quantitative estimate of drug-likeness (QED) is 0.114. The number of anilines is 1. The van der Waals surface area contributed by atoms with Gasteiger partial charge in [0.25, 0.3) is 0 Å². The van der Waals surface area contributed by atoms with E-state index >= 15 is 0 Å². The summed E-state index contributed by atoms with van der Waals surface area (Å²) in [6.07, 6.45) is 0.776. The Balaban J connectivity index is 1.17. The normalized spacial score (nSPS) is 12.2. The predicted molar refractivity (Wildman–Crippen MR) is 173 cm³/mol. The van der Waals surface area contributed by atoms with Crippen LogP contribution in [-0.4, -0.2) is 24.9 Å². The first-order chi connectivity index (χ1) is 21.3. The fourth-order valence-electron chi connectivity index (χ4n) is 5.80. The minimum atomic E-state index is -4.58. The summed E-state index contributed by atoms with van der Waals surface area (Å²) in [6, 6.07) is 22.1. The molecule has 0 aliphatic carbocycles. The summed E-state index contributed by atoms with van der Waals surface area (Å²) in [6.45, 7) is -0.0648. The van der Waals surface area contributed by atoms with E-state index in [2.05, 4.69) is 48.9 Å². The highest BCUT2D eigenvalue weighted by atomic mass is 32.1. The lowest BCUT2D eigenvalue weighted by Gasteiger charge is -2.16. The fourth-order valence-corrected chi connectivity index (χ4v) is 6.80. The van der Waals surface area contributed by atoms with E-state index in [1.165, 1.54) is 17.4 Å². The van der Waals surface area contributed by atoms with E-state index in [1.807, 2.05) is 42.6 Å². The molecule has 0 unspecified atom stereocenters. The molecule has 3 N–H and O–H groups in total. The van der Waals surface area contributed by atoms with Crippen LogP contribution in [0.15, 0.2) is 96.3 Å². The summed E-state index contributed by atoms with van der Waals surface area (Å²) in [5.41, 5.74) is 4.33. The van der Waals surface area contributed by atoms with Gasteiger partial charge in [0, 0.05) is 68.2 Å². The average molecular weight is 623 g/mol. The van der Waals surface area contributed by atoms with Crippen molar-refractivity contribution in [3.63, 3.8) is 0 Å². The maximum Gasteiger partial charge on any atom is 0.418 e. The Kier molecular flexibility index (Phi) is 6.14. The van der Waals surface area contributed by atoms with Crippen molar-refractivity contribution in [2.24, 2.45) is 0 Å². The number of benzene rings is 3. The molecular weight excluding hydrogens is 602 g/mol. The average Bonchev–Trinajstić information content (AvgIpc) is 3.74. The smallest absolute Gasteiger partial charge is 0.357 e. The molecule has 0 radical (unpaired) electrons. The van der Waals surface area contributed by atoms with Crippen LogP contribution in [0.1, 0.15) is 11.1 Å². The second kappa shape index (κ2) is 10.1. The van der Waals surface area contributed by atoms with Gasteiger partial charge >= 0.3 is 6.18 Å². The van der Waals surface area contributed by atoms with E-state index in [9.17, 15) is 13.2 Å². The van der Waals surface area contributed by atoms with Crippen molar-refractivity contribution >= 4 is 72.8 Å². The molecule has 0 saturated heterocycles. The summed E-state index contributed by atoms with van der Waals surface area (Å²) in [4.78, 5) is 21.8. The molecule has 8 aromatic rings. The standard InChI is InChI=1S/C33H21F3N6S2/c34-33(35,36)28-19(10-9-18-11-17-5-1-3-7-24(17)41-29(18)28)13-39-32-40-16-26(44-32)30-27(21-6-2-4-8-25(21)42-30)23-15-38-31-22(23)12-20(43)14-37-31/h1-12,14-16,42-43H,13H2,(H,37,38)(H,39,40). The Bertz CT molecular complexity index is 2370. The SMILES string of the molecule is FC(F)(F)c1c(CNc2ncc(-c3[nH]c4ccccc4c3-c3c[nH]c4ncc(S)cc34)s2)ccc2cc3ccccc3nc12. The van der Waals surface area contributed by atoms with Crippen molar-refractivity contribution in [2.75, 3.05) is 5.32 Å². The predicted octanol–water partition coefficient (Wildman–Crippen LogP) is 9.46. The molecule has 0 aliphatic heterocycles. The number of alkyl halides is 3. The molecule has 0 atom stereocenters. The maximum absolute atomic E-state index is 14.4. The van der Waals surface area contributed by atoms with Gasteiger partial charge in [-0.05, 0) is 29.8 Å². The van der Waals surface area contributed by atoms with Crippen LogP contribution in [0.4, 0.5) is 18.3 Å². The Labute approximate surface area is 257 Å². The number of aromatic nitrogens is 5. The molecular formula is C33H21F3N6S2. The van der Waals surface area contributed by atoms with E-state index < -0.39 is 11.7 Å². The van der Waals surface area contributed by atoms with Gasteiger partial charge < -0.3 is 15.3 Å². The lowest BCUT2D eigenvalue weighted by molar-refractivity contribution is -0.137. The van der Waals surface area contributed by atoms with E-state index in [-0.39, 0.29) is 17.6 Å². The van der Waals surface area contributed by atoms with Gasteiger partial charge in [0.1, 0.15) is 5.65 Å². The molecule has 8 rings (SSSR count). The molecule has 6 nitrogen and oxygen atoms in total. The lowest BCUT2D eigenvalue weighted by Crippen LogP contribution is -2.13. The van der Waals surface area contributed by atoms with E-state index in [0.717, 1.165) is 53.9 Å². The summed E-state index contributed by atoms with van der Waals surface area (Å²) in [7, 11) is 0. The van der Waals surface area contributed by atoms with Crippen molar-refractivity contribution in [3.8, 4) is 21.7 Å². The molecule has 0 amide bonds. The van der Waals surface area contributed by atoms with Crippen molar-refractivity contribution in [1.29, 1.82) is 0 Å². The second-order valence-electron chi connectivity index (χ2n) is 10.4. The number of fused-ring (bicyclic) bond motifs is 4. The molecule has 44 heavy (non-hydrogen) atoms. The van der Waals surface area contributed by atoms with Gasteiger partial charge in [-0.3, -0.25) is 0 Å². The van der Waals surface area contributed by atoms with Crippen LogP contribution in [0.25, 0.3) is 65.4 Å².